The molecule has 2 aromatic carbocycles. The molecule has 0 aliphatic heterocycles. The summed E-state index contributed by atoms with van der Waals surface area (Å²) in [6.45, 7) is 5.85. The van der Waals surface area contributed by atoms with Crippen molar-refractivity contribution in [3.63, 3.8) is 0 Å². The summed E-state index contributed by atoms with van der Waals surface area (Å²) >= 11 is 0. The Morgan fingerprint density at radius 1 is 1.07 bits per heavy atom. The second-order valence-electron chi connectivity index (χ2n) is 7.00. The molecule has 0 aromatic heterocycles. The molecule has 2 aromatic rings. The summed E-state index contributed by atoms with van der Waals surface area (Å²) in [6, 6.07) is 13.4. The minimum atomic E-state index is -3.20. The molecule has 0 bridgehead atoms. The van der Waals surface area contributed by atoms with E-state index in [-0.39, 0.29) is 0 Å². The highest BCUT2D eigenvalue weighted by atomic mass is 32.2. The standard InChI is InChI=1S/C22H31N3O3S/c1-5-6-12-28-20-9-7-8-18(14-20)15-24-22(23-3)25-16-19-10-11-21(17(2)13-19)29(4,26)27/h7-11,13-14H,5-6,12,15-16H2,1-4H3,(H2,23,24,25). The molecule has 0 atom stereocenters. The van der Waals surface area contributed by atoms with Gasteiger partial charge in [0.2, 0.25) is 0 Å². The van der Waals surface area contributed by atoms with Crippen molar-refractivity contribution in [1.82, 2.24) is 10.6 Å². The Hall–Kier alpha value is -2.54. The van der Waals surface area contributed by atoms with Crippen LogP contribution >= 0.6 is 0 Å². The number of aryl methyl sites for hydroxylation is 1. The van der Waals surface area contributed by atoms with E-state index in [0.29, 0.717) is 23.9 Å². The maximum Gasteiger partial charge on any atom is 0.191 e. The quantitative estimate of drug-likeness (QED) is 0.371. The first-order valence-corrected chi connectivity index (χ1v) is 11.7. The number of nitrogens with zero attached hydrogens (tertiary/aromatic N) is 1. The number of nitrogens with one attached hydrogen (secondary N) is 2. The zero-order valence-corrected chi connectivity index (χ0v) is 18.5. The first kappa shape index (κ1) is 22.7. The number of hydrogen-bond acceptors (Lipinski definition) is 4. The van der Waals surface area contributed by atoms with E-state index in [2.05, 4.69) is 22.5 Å². The lowest BCUT2D eigenvalue weighted by atomic mass is 10.1. The van der Waals surface area contributed by atoms with Crippen LogP contribution in [0.5, 0.6) is 5.75 Å². The van der Waals surface area contributed by atoms with Gasteiger partial charge in [-0.1, -0.05) is 37.6 Å². The molecule has 6 nitrogen and oxygen atoms in total. The summed E-state index contributed by atoms with van der Waals surface area (Å²) in [7, 11) is -1.48. The molecule has 0 aliphatic rings. The van der Waals surface area contributed by atoms with Gasteiger partial charge in [-0.15, -0.1) is 0 Å². The van der Waals surface area contributed by atoms with Crippen LogP contribution in [0.15, 0.2) is 52.4 Å². The van der Waals surface area contributed by atoms with Crippen molar-refractivity contribution < 1.29 is 13.2 Å². The molecule has 0 aliphatic carbocycles. The molecule has 158 valence electrons. The topological polar surface area (TPSA) is 79.8 Å². The highest BCUT2D eigenvalue weighted by Crippen LogP contribution is 2.17. The van der Waals surface area contributed by atoms with E-state index in [4.69, 9.17) is 4.74 Å². The average Bonchev–Trinajstić information content (AvgIpc) is 2.68. The number of ether oxygens (including phenoxy) is 1. The van der Waals surface area contributed by atoms with Gasteiger partial charge in [0, 0.05) is 26.4 Å². The summed E-state index contributed by atoms with van der Waals surface area (Å²) in [5.41, 5.74) is 2.84. The molecule has 0 radical (unpaired) electrons. The predicted molar refractivity (Wildman–Crippen MR) is 118 cm³/mol. The summed E-state index contributed by atoms with van der Waals surface area (Å²) in [4.78, 5) is 4.61. The fraction of sp³-hybridized carbons (Fsp3) is 0.409. The molecular formula is C22H31N3O3S. The van der Waals surface area contributed by atoms with Crippen LogP contribution in [0, 0.1) is 6.92 Å². The summed E-state index contributed by atoms with van der Waals surface area (Å²) in [5, 5.41) is 6.54. The molecule has 29 heavy (non-hydrogen) atoms. The maximum absolute atomic E-state index is 11.7. The van der Waals surface area contributed by atoms with Crippen LogP contribution in [0.4, 0.5) is 0 Å². The van der Waals surface area contributed by atoms with Crippen LogP contribution < -0.4 is 15.4 Å². The Morgan fingerprint density at radius 2 is 1.76 bits per heavy atom. The van der Waals surface area contributed by atoms with Crippen LogP contribution in [0.2, 0.25) is 0 Å². The minimum absolute atomic E-state index is 0.366. The smallest absolute Gasteiger partial charge is 0.191 e. The SMILES string of the molecule is CCCCOc1cccc(CNC(=NC)NCc2ccc(S(C)(=O)=O)c(C)c2)c1. The Bertz CT molecular complexity index is 940. The second kappa shape index (κ2) is 10.9. The third kappa shape index (κ3) is 7.42. The maximum atomic E-state index is 11.7. The van der Waals surface area contributed by atoms with Crippen molar-refractivity contribution in [2.45, 2.75) is 44.7 Å². The molecule has 0 unspecified atom stereocenters. The molecule has 0 saturated heterocycles. The summed E-state index contributed by atoms with van der Waals surface area (Å²) < 4.78 is 29.2. The Labute approximate surface area is 174 Å². The Morgan fingerprint density at radius 3 is 2.34 bits per heavy atom. The number of guanidine groups is 1. The first-order chi connectivity index (χ1) is 13.8. The Kier molecular flexibility index (Phi) is 8.51. The number of aliphatic imine (C=N–C) groups is 1. The molecule has 2 rings (SSSR count). The lowest BCUT2D eigenvalue weighted by Gasteiger charge is -2.14. The van der Waals surface area contributed by atoms with Crippen molar-refractivity contribution in [2.75, 3.05) is 19.9 Å². The van der Waals surface area contributed by atoms with E-state index in [1.54, 1.807) is 13.1 Å². The molecule has 0 fully saturated rings. The summed E-state index contributed by atoms with van der Waals surface area (Å²) in [6.07, 6.45) is 3.38. The van der Waals surface area contributed by atoms with E-state index in [1.807, 2.05) is 43.3 Å². The van der Waals surface area contributed by atoms with Crippen molar-refractivity contribution in [2.24, 2.45) is 4.99 Å². The van der Waals surface area contributed by atoms with Crippen LogP contribution in [0.1, 0.15) is 36.5 Å². The van der Waals surface area contributed by atoms with Crippen molar-refractivity contribution in [3.8, 4) is 5.75 Å². The van der Waals surface area contributed by atoms with Crippen LogP contribution in [0.25, 0.3) is 0 Å². The molecule has 0 amide bonds. The van der Waals surface area contributed by atoms with Crippen LogP contribution in [0.3, 0.4) is 0 Å². The van der Waals surface area contributed by atoms with E-state index in [0.717, 1.165) is 41.9 Å². The van der Waals surface area contributed by atoms with Crippen molar-refractivity contribution >= 4 is 15.8 Å². The van der Waals surface area contributed by atoms with Crippen molar-refractivity contribution in [3.05, 3.63) is 59.2 Å². The van der Waals surface area contributed by atoms with Gasteiger partial charge in [-0.05, 0) is 48.2 Å². The molecule has 7 heteroatoms. The minimum Gasteiger partial charge on any atom is -0.494 e. The highest BCUT2D eigenvalue weighted by molar-refractivity contribution is 7.90. The summed E-state index contributed by atoms with van der Waals surface area (Å²) in [5.74, 6) is 1.55. The van der Waals surface area contributed by atoms with Gasteiger partial charge >= 0.3 is 0 Å². The molecule has 0 saturated carbocycles. The van der Waals surface area contributed by atoms with Gasteiger partial charge in [0.15, 0.2) is 15.8 Å². The lowest BCUT2D eigenvalue weighted by Crippen LogP contribution is -2.36. The number of hydrogen-bond donors (Lipinski definition) is 2. The highest BCUT2D eigenvalue weighted by Gasteiger charge is 2.11. The van der Waals surface area contributed by atoms with E-state index in [9.17, 15) is 8.42 Å². The van der Waals surface area contributed by atoms with Gasteiger partial charge in [0.05, 0.1) is 11.5 Å². The van der Waals surface area contributed by atoms with Gasteiger partial charge in [-0.25, -0.2) is 8.42 Å². The van der Waals surface area contributed by atoms with E-state index >= 15 is 0 Å². The van der Waals surface area contributed by atoms with E-state index < -0.39 is 9.84 Å². The fourth-order valence-electron chi connectivity index (χ4n) is 2.91. The molecule has 2 N–H and O–H groups in total. The number of benzene rings is 2. The first-order valence-electron chi connectivity index (χ1n) is 9.79. The average molecular weight is 418 g/mol. The third-order valence-corrected chi connectivity index (χ3v) is 5.70. The zero-order chi connectivity index (χ0) is 21.3. The molecule has 0 heterocycles. The van der Waals surface area contributed by atoms with Crippen LogP contribution in [-0.2, 0) is 22.9 Å². The number of rotatable bonds is 9. The predicted octanol–water partition coefficient (Wildman–Crippen LogP) is 3.44. The normalized spacial score (nSPS) is 11.9. The van der Waals surface area contributed by atoms with Crippen LogP contribution in [-0.4, -0.2) is 34.3 Å². The second-order valence-corrected chi connectivity index (χ2v) is 8.98. The molecule has 0 spiro atoms. The fourth-order valence-corrected chi connectivity index (χ4v) is 3.87. The van der Waals surface area contributed by atoms with Gasteiger partial charge in [-0.3, -0.25) is 4.99 Å². The van der Waals surface area contributed by atoms with Gasteiger partial charge < -0.3 is 15.4 Å². The monoisotopic (exact) mass is 417 g/mol. The zero-order valence-electron chi connectivity index (χ0n) is 17.7. The number of unbranched alkanes of at least 4 members (excludes halogenated alkanes) is 1. The van der Waals surface area contributed by atoms with Gasteiger partial charge in [-0.2, -0.15) is 0 Å². The lowest BCUT2D eigenvalue weighted by molar-refractivity contribution is 0.309. The third-order valence-electron chi connectivity index (χ3n) is 4.45. The molecular weight excluding hydrogens is 386 g/mol. The van der Waals surface area contributed by atoms with Gasteiger partial charge in [0.25, 0.3) is 0 Å². The van der Waals surface area contributed by atoms with E-state index in [1.165, 1.54) is 6.26 Å². The Balaban J connectivity index is 1.90. The number of sulfone groups is 1. The largest absolute Gasteiger partial charge is 0.494 e. The van der Waals surface area contributed by atoms with Crippen molar-refractivity contribution in [1.29, 1.82) is 0 Å². The van der Waals surface area contributed by atoms with Gasteiger partial charge in [0.1, 0.15) is 5.75 Å².